The number of carbonyl (C=O) groups excluding carboxylic acids is 1. The topological polar surface area (TPSA) is 90.1 Å². The van der Waals surface area contributed by atoms with E-state index in [0.29, 0.717) is 19.4 Å². The minimum atomic E-state index is -0.0142. The van der Waals surface area contributed by atoms with Gasteiger partial charge in [-0.15, -0.1) is 0 Å². The summed E-state index contributed by atoms with van der Waals surface area (Å²) in [5.41, 5.74) is 2.74. The van der Waals surface area contributed by atoms with E-state index in [1.165, 1.54) is 0 Å². The SMILES string of the molecule is Cc1noc(C)c1CCC(=O)NCc1cnc(C2CCCCO2)nc1. The Morgan fingerprint density at radius 2 is 2.08 bits per heavy atom. The first-order valence-electron chi connectivity index (χ1n) is 8.74. The summed E-state index contributed by atoms with van der Waals surface area (Å²) < 4.78 is 10.8. The van der Waals surface area contributed by atoms with Gasteiger partial charge in [0.15, 0.2) is 5.82 Å². The maximum absolute atomic E-state index is 12.0. The summed E-state index contributed by atoms with van der Waals surface area (Å²) in [5.74, 6) is 1.49. The fourth-order valence-electron chi connectivity index (χ4n) is 2.95. The first-order valence-corrected chi connectivity index (χ1v) is 8.74. The smallest absolute Gasteiger partial charge is 0.220 e. The second kappa shape index (κ2) is 8.20. The molecule has 1 atom stereocenters. The molecule has 0 radical (unpaired) electrons. The van der Waals surface area contributed by atoms with Crippen molar-refractivity contribution >= 4 is 5.91 Å². The van der Waals surface area contributed by atoms with Gasteiger partial charge in [0.2, 0.25) is 5.91 Å². The average Bonchev–Trinajstić information content (AvgIpc) is 2.97. The number of aromatic nitrogens is 3. The number of amides is 1. The van der Waals surface area contributed by atoms with Gasteiger partial charge >= 0.3 is 0 Å². The molecule has 3 heterocycles. The molecule has 1 N–H and O–H groups in total. The van der Waals surface area contributed by atoms with Gasteiger partial charge < -0.3 is 14.6 Å². The molecule has 25 heavy (non-hydrogen) atoms. The summed E-state index contributed by atoms with van der Waals surface area (Å²) in [7, 11) is 0. The molecule has 1 fully saturated rings. The third-order valence-corrected chi connectivity index (χ3v) is 4.47. The van der Waals surface area contributed by atoms with Gasteiger partial charge in [-0.25, -0.2) is 9.97 Å². The van der Waals surface area contributed by atoms with Crippen LogP contribution in [0.15, 0.2) is 16.9 Å². The zero-order valence-electron chi connectivity index (χ0n) is 14.7. The van der Waals surface area contributed by atoms with Gasteiger partial charge in [0.25, 0.3) is 0 Å². The maximum Gasteiger partial charge on any atom is 0.220 e. The molecule has 7 heteroatoms. The van der Waals surface area contributed by atoms with Crippen LogP contribution in [0.1, 0.15) is 60.2 Å². The Morgan fingerprint density at radius 3 is 2.72 bits per heavy atom. The summed E-state index contributed by atoms with van der Waals surface area (Å²) in [6, 6.07) is 0. The van der Waals surface area contributed by atoms with Gasteiger partial charge in [-0.1, -0.05) is 5.16 Å². The third kappa shape index (κ3) is 4.63. The summed E-state index contributed by atoms with van der Waals surface area (Å²) >= 11 is 0. The lowest BCUT2D eigenvalue weighted by Crippen LogP contribution is -2.23. The third-order valence-electron chi connectivity index (χ3n) is 4.47. The molecule has 2 aromatic rings. The second-order valence-corrected chi connectivity index (χ2v) is 6.38. The van der Waals surface area contributed by atoms with E-state index < -0.39 is 0 Å². The molecule has 0 bridgehead atoms. The van der Waals surface area contributed by atoms with E-state index in [0.717, 1.165) is 54.3 Å². The number of hydrogen-bond donors (Lipinski definition) is 1. The zero-order chi connectivity index (χ0) is 17.6. The number of nitrogens with one attached hydrogen (secondary N) is 1. The first-order chi connectivity index (χ1) is 12.1. The van der Waals surface area contributed by atoms with E-state index in [1.807, 2.05) is 13.8 Å². The van der Waals surface area contributed by atoms with Gasteiger partial charge in [0, 0.05) is 43.1 Å². The summed E-state index contributed by atoms with van der Waals surface area (Å²) in [4.78, 5) is 20.8. The van der Waals surface area contributed by atoms with E-state index in [2.05, 4.69) is 20.4 Å². The number of ether oxygens (including phenoxy) is 1. The lowest BCUT2D eigenvalue weighted by Gasteiger charge is -2.21. The van der Waals surface area contributed by atoms with Crippen LogP contribution in [0.3, 0.4) is 0 Å². The van der Waals surface area contributed by atoms with Crippen LogP contribution >= 0.6 is 0 Å². The van der Waals surface area contributed by atoms with Crippen LogP contribution in [-0.2, 0) is 22.5 Å². The zero-order valence-corrected chi connectivity index (χ0v) is 14.7. The molecule has 1 saturated heterocycles. The molecule has 7 nitrogen and oxygen atoms in total. The molecule has 0 spiro atoms. The molecule has 1 unspecified atom stereocenters. The van der Waals surface area contributed by atoms with Crippen molar-refractivity contribution in [3.05, 3.63) is 40.8 Å². The van der Waals surface area contributed by atoms with Crippen LogP contribution in [0, 0.1) is 13.8 Å². The lowest BCUT2D eigenvalue weighted by molar-refractivity contribution is -0.121. The Bertz CT molecular complexity index is 686. The number of carbonyl (C=O) groups is 1. The van der Waals surface area contributed by atoms with E-state index >= 15 is 0 Å². The fraction of sp³-hybridized carbons (Fsp3) is 0.556. The lowest BCUT2D eigenvalue weighted by atomic mass is 10.1. The monoisotopic (exact) mass is 344 g/mol. The predicted octanol–water partition coefficient (Wildman–Crippen LogP) is 2.57. The molecule has 134 valence electrons. The van der Waals surface area contributed by atoms with Crippen molar-refractivity contribution in [2.75, 3.05) is 6.61 Å². The molecule has 0 aliphatic carbocycles. The van der Waals surface area contributed by atoms with Crippen molar-refractivity contribution in [2.24, 2.45) is 0 Å². The Hall–Kier alpha value is -2.28. The Morgan fingerprint density at radius 1 is 1.28 bits per heavy atom. The molecular weight excluding hydrogens is 320 g/mol. The molecular formula is C18H24N4O3. The van der Waals surface area contributed by atoms with Crippen LogP contribution in [0.25, 0.3) is 0 Å². The van der Waals surface area contributed by atoms with E-state index in [1.54, 1.807) is 12.4 Å². The maximum atomic E-state index is 12.0. The van der Waals surface area contributed by atoms with Crippen LogP contribution in [0.2, 0.25) is 0 Å². The normalized spacial score (nSPS) is 17.4. The van der Waals surface area contributed by atoms with Crippen LogP contribution < -0.4 is 5.32 Å². The largest absolute Gasteiger partial charge is 0.370 e. The molecule has 0 saturated carbocycles. The number of rotatable bonds is 6. The standard InChI is InChI=1S/C18H24N4O3/c1-12-15(13(2)25-22-12)6-7-17(23)19-9-14-10-20-18(21-11-14)16-5-3-4-8-24-16/h10-11,16H,3-9H2,1-2H3,(H,19,23). The highest BCUT2D eigenvalue weighted by atomic mass is 16.5. The van der Waals surface area contributed by atoms with Gasteiger partial charge in [0.05, 0.1) is 5.69 Å². The Labute approximate surface area is 147 Å². The Balaban J connectivity index is 1.45. The highest BCUT2D eigenvalue weighted by Gasteiger charge is 2.18. The van der Waals surface area contributed by atoms with Gasteiger partial charge in [0.1, 0.15) is 11.9 Å². The van der Waals surface area contributed by atoms with Crippen LogP contribution in [0.4, 0.5) is 0 Å². The fourth-order valence-corrected chi connectivity index (χ4v) is 2.95. The van der Waals surface area contributed by atoms with Gasteiger partial charge in [-0.3, -0.25) is 4.79 Å². The predicted molar refractivity (Wildman–Crippen MR) is 90.7 cm³/mol. The average molecular weight is 344 g/mol. The van der Waals surface area contributed by atoms with E-state index in [4.69, 9.17) is 9.26 Å². The van der Waals surface area contributed by atoms with Crippen LogP contribution in [0.5, 0.6) is 0 Å². The highest BCUT2D eigenvalue weighted by Crippen LogP contribution is 2.24. The highest BCUT2D eigenvalue weighted by molar-refractivity contribution is 5.76. The van der Waals surface area contributed by atoms with Crippen molar-refractivity contribution in [3.8, 4) is 0 Å². The number of aryl methyl sites for hydroxylation is 2. The summed E-state index contributed by atoms with van der Waals surface area (Å²) in [5, 5.41) is 6.80. The summed E-state index contributed by atoms with van der Waals surface area (Å²) in [6.07, 6.45) is 7.78. The molecule has 2 aromatic heterocycles. The number of hydrogen-bond acceptors (Lipinski definition) is 6. The second-order valence-electron chi connectivity index (χ2n) is 6.38. The molecule has 1 amide bonds. The molecule has 1 aliphatic heterocycles. The summed E-state index contributed by atoms with van der Waals surface area (Å²) in [6.45, 7) is 4.95. The molecule has 0 aromatic carbocycles. The van der Waals surface area contributed by atoms with Gasteiger partial charge in [-0.2, -0.15) is 0 Å². The van der Waals surface area contributed by atoms with E-state index in [-0.39, 0.29) is 12.0 Å². The van der Waals surface area contributed by atoms with Crippen molar-refractivity contribution < 1.29 is 14.1 Å². The van der Waals surface area contributed by atoms with Crippen LogP contribution in [-0.4, -0.2) is 27.6 Å². The minimum Gasteiger partial charge on any atom is -0.370 e. The molecule has 1 aliphatic rings. The molecule has 3 rings (SSSR count). The van der Waals surface area contributed by atoms with Crippen molar-refractivity contribution in [2.45, 2.75) is 58.6 Å². The minimum absolute atomic E-state index is 0.00689. The van der Waals surface area contributed by atoms with Gasteiger partial charge in [-0.05, 0) is 39.5 Å². The van der Waals surface area contributed by atoms with Crippen molar-refractivity contribution in [1.82, 2.24) is 20.4 Å². The Kier molecular flexibility index (Phi) is 5.75. The van der Waals surface area contributed by atoms with E-state index in [9.17, 15) is 4.79 Å². The quantitative estimate of drug-likeness (QED) is 0.866. The van der Waals surface area contributed by atoms with Crippen molar-refractivity contribution in [3.63, 3.8) is 0 Å². The number of nitrogens with zero attached hydrogens (tertiary/aromatic N) is 3. The van der Waals surface area contributed by atoms with Crippen molar-refractivity contribution in [1.29, 1.82) is 0 Å². The first kappa shape index (κ1) is 17.5.